The number of carbonyl (C=O) groups is 3. The van der Waals surface area contributed by atoms with Gasteiger partial charge in [-0.05, 0) is 18.4 Å². The Labute approximate surface area is 176 Å². The van der Waals surface area contributed by atoms with E-state index in [0.29, 0.717) is 38.3 Å². The number of urea groups is 1. The number of carbonyl (C=O) groups excluding carboxylic acids is 3. The van der Waals surface area contributed by atoms with E-state index in [0.717, 1.165) is 24.1 Å². The molecule has 1 atom stereocenters. The predicted molar refractivity (Wildman–Crippen MR) is 110 cm³/mol. The highest BCUT2D eigenvalue weighted by Crippen LogP contribution is 2.38. The van der Waals surface area contributed by atoms with Crippen molar-refractivity contribution in [2.45, 2.75) is 31.8 Å². The molecule has 1 aromatic rings. The first kappa shape index (κ1) is 20.4. The van der Waals surface area contributed by atoms with Crippen LogP contribution >= 0.6 is 0 Å². The average Bonchev–Trinajstić information content (AvgIpc) is 3.59. The number of rotatable bonds is 5. The Morgan fingerprint density at radius 3 is 2.33 bits per heavy atom. The van der Waals surface area contributed by atoms with Gasteiger partial charge in [0.1, 0.15) is 0 Å². The van der Waals surface area contributed by atoms with E-state index in [2.05, 4.69) is 10.2 Å². The average molecular weight is 412 g/mol. The van der Waals surface area contributed by atoms with E-state index in [1.54, 1.807) is 11.8 Å². The van der Waals surface area contributed by atoms with Crippen molar-refractivity contribution in [2.75, 3.05) is 39.8 Å². The maximum atomic E-state index is 13.1. The molecule has 8 nitrogen and oxygen atoms in total. The number of methoxy groups -OCH3 is 1. The molecule has 2 aliphatic heterocycles. The molecule has 1 aliphatic carbocycles. The molecule has 3 amide bonds. The zero-order valence-electron chi connectivity index (χ0n) is 17.5. The molecular weight excluding hydrogens is 384 g/mol. The lowest BCUT2D eigenvalue weighted by molar-refractivity contribution is -0.136. The van der Waals surface area contributed by atoms with Crippen molar-refractivity contribution >= 4 is 17.9 Å². The lowest BCUT2D eigenvalue weighted by Crippen LogP contribution is -2.54. The highest BCUT2D eigenvalue weighted by molar-refractivity contribution is 5.95. The van der Waals surface area contributed by atoms with Crippen molar-refractivity contribution in [3.8, 4) is 0 Å². The fourth-order valence-electron chi connectivity index (χ4n) is 4.24. The monoisotopic (exact) mass is 412 g/mol. The first-order valence-corrected chi connectivity index (χ1v) is 10.4. The summed E-state index contributed by atoms with van der Waals surface area (Å²) in [5.41, 5.74) is 2.06. The minimum atomic E-state index is -0.547. The van der Waals surface area contributed by atoms with Gasteiger partial charge in [0.2, 0.25) is 5.91 Å². The number of amides is 3. The maximum absolute atomic E-state index is 13.1. The summed E-state index contributed by atoms with van der Waals surface area (Å²) >= 11 is 0. The third kappa shape index (κ3) is 4.05. The number of ether oxygens (including phenoxy) is 1. The van der Waals surface area contributed by atoms with Gasteiger partial charge in [-0.25, -0.2) is 9.59 Å². The van der Waals surface area contributed by atoms with Crippen LogP contribution in [0.1, 0.15) is 31.4 Å². The molecule has 30 heavy (non-hydrogen) atoms. The van der Waals surface area contributed by atoms with Crippen LogP contribution in [0.3, 0.4) is 0 Å². The quantitative estimate of drug-likeness (QED) is 0.742. The fraction of sp³-hybridized carbons (Fsp3) is 0.500. The molecule has 1 unspecified atom stereocenters. The van der Waals surface area contributed by atoms with Gasteiger partial charge in [0, 0.05) is 51.4 Å². The third-order valence-corrected chi connectivity index (χ3v) is 6.02. The second-order valence-electron chi connectivity index (χ2n) is 8.03. The highest BCUT2D eigenvalue weighted by Gasteiger charge is 2.44. The summed E-state index contributed by atoms with van der Waals surface area (Å²) in [6.07, 6.45) is 1.86. The molecule has 0 radical (unpaired) electrons. The lowest BCUT2D eigenvalue weighted by Gasteiger charge is -2.40. The Balaban J connectivity index is 1.70. The van der Waals surface area contributed by atoms with E-state index in [1.807, 2.05) is 35.2 Å². The number of nitrogens with one attached hydrogen (secondary N) is 1. The highest BCUT2D eigenvalue weighted by atomic mass is 16.5. The van der Waals surface area contributed by atoms with E-state index in [1.165, 1.54) is 7.11 Å². The van der Waals surface area contributed by atoms with Crippen molar-refractivity contribution in [1.29, 1.82) is 0 Å². The van der Waals surface area contributed by atoms with Gasteiger partial charge in [0.15, 0.2) is 0 Å². The normalized spacial score (nSPS) is 22.7. The van der Waals surface area contributed by atoms with Crippen molar-refractivity contribution in [3.05, 3.63) is 47.2 Å². The Morgan fingerprint density at radius 2 is 1.77 bits per heavy atom. The summed E-state index contributed by atoms with van der Waals surface area (Å²) in [6, 6.07) is 8.91. The molecular formula is C22H28N4O4. The summed E-state index contributed by atoms with van der Waals surface area (Å²) in [5.74, 6) is -0.350. The van der Waals surface area contributed by atoms with Crippen LogP contribution in [0.5, 0.6) is 0 Å². The molecule has 1 saturated heterocycles. The van der Waals surface area contributed by atoms with Gasteiger partial charge in [-0.15, -0.1) is 0 Å². The SMILES string of the molecule is COC(=O)C1=C(CN2CCN(C(C)=O)CC2)N(C2CC2)C(=O)NC1c1ccccc1. The number of piperazine rings is 1. The molecule has 160 valence electrons. The van der Waals surface area contributed by atoms with E-state index in [9.17, 15) is 14.4 Å². The Hall–Kier alpha value is -2.87. The van der Waals surface area contributed by atoms with E-state index in [-0.39, 0.29) is 18.0 Å². The second kappa shape index (κ2) is 8.47. The summed E-state index contributed by atoms with van der Waals surface area (Å²) in [6.45, 7) is 4.75. The maximum Gasteiger partial charge on any atom is 0.338 e. The molecule has 1 saturated carbocycles. The summed E-state index contributed by atoms with van der Waals surface area (Å²) in [4.78, 5) is 43.4. The number of hydrogen-bond donors (Lipinski definition) is 1. The minimum absolute atomic E-state index is 0.0740. The van der Waals surface area contributed by atoms with Gasteiger partial charge in [-0.2, -0.15) is 0 Å². The largest absolute Gasteiger partial charge is 0.466 e. The summed E-state index contributed by atoms with van der Waals surface area (Å²) < 4.78 is 5.15. The zero-order valence-corrected chi connectivity index (χ0v) is 17.5. The van der Waals surface area contributed by atoms with Crippen molar-refractivity contribution < 1.29 is 19.1 Å². The van der Waals surface area contributed by atoms with Gasteiger partial charge < -0.3 is 15.0 Å². The molecule has 3 aliphatic rings. The van der Waals surface area contributed by atoms with Gasteiger partial charge in [0.05, 0.1) is 18.7 Å². The molecule has 2 heterocycles. The van der Waals surface area contributed by atoms with Crippen molar-refractivity contribution in [1.82, 2.24) is 20.0 Å². The molecule has 0 bridgehead atoms. The minimum Gasteiger partial charge on any atom is -0.466 e. The van der Waals surface area contributed by atoms with E-state index in [4.69, 9.17) is 4.74 Å². The van der Waals surface area contributed by atoms with Gasteiger partial charge in [0.25, 0.3) is 0 Å². The molecule has 2 fully saturated rings. The van der Waals surface area contributed by atoms with Gasteiger partial charge in [-0.1, -0.05) is 30.3 Å². The molecule has 1 N–H and O–H groups in total. The molecule has 0 spiro atoms. The standard InChI is InChI=1S/C22H28N4O4/c1-15(27)25-12-10-24(11-13-25)14-18-19(21(28)30-2)20(16-6-4-3-5-7-16)23-22(29)26(18)17-8-9-17/h3-7,17,20H,8-14H2,1-2H3,(H,23,29). The van der Waals surface area contributed by atoms with Gasteiger partial charge >= 0.3 is 12.0 Å². The fourth-order valence-corrected chi connectivity index (χ4v) is 4.24. The topological polar surface area (TPSA) is 82.2 Å². The lowest BCUT2D eigenvalue weighted by atomic mass is 9.94. The first-order chi connectivity index (χ1) is 14.5. The van der Waals surface area contributed by atoms with E-state index >= 15 is 0 Å². The second-order valence-corrected chi connectivity index (χ2v) is 8.03. The van der Waals surface area contributed by atoms with Crippen LogP contribution in [0, 0.1) is 0 Å². The van der Waals surface area contributed by atoms with Gasteiger partial charge in [-0.3, -0.25) is 14.6 Å². The van der Waals surface area contributed by atoms with Crippen LogP contribution in [-0.4, -0.2) is 78.5 Å². The first-order valence-electron chi connectivity index (χ1n) is 10.4. The summed E-state index contributed by atoms with van der Waals surface area (Å²) in [7, 11) is 1.37. The zero-order chi connectivity index (χ0) is 21.3. The molecule has 1 aromatic carbocycles. The number of esters is 1. The van der Waals surface area contributed by atoms with Crippen LogP contribution in [0.4, 0.5) is 4.79 Å². The van der Waals surface area contributed by atoms with Crippen molar-refractivity contribution in [3.63, 3.8) is 0 Å². The smallest absolute Gasteiger partial charge is 0.338 e. The number of nitrogens with zero attached hydrogens (tertiary/aromatic N) is 3. The number of benzene rings is 1. The van der Waals surface area contributed by atoms with E-state index < -0.39 is 12.0 Å². The third-order valence-electron chi connectivity index (χ3n) is 6.02. The molecule has 8 heteroatoms. The van der Waals surface area contributed by atoms with Crippen LogP contribution in [0.2, 0.25) is 0 Å². The molecule has 0 aromatic heterocycles. The number of hydrogen-bond acceptors (Lipinski definition) is 5. The Kier molecular flexibility index (Phi) is 5.76. The Bertz CT molecular complexity index is 857. The van der Waals surface area contributed by atoms with Crippen LogP contribution in [0.25, 0.3) is 0 Å². The van der Waals surface area contributed by atoms with Crippen LogP contribution < -0.4 is 5.32 Å². The molecule has 4 rings (SSSR count). The van der Waals surface area contributed by atoms with Crippen molar-refractivity contribution in [2.24, 2.45) is 0 Å². The Morgan fingerprint density at radius 1 is 1.10 bits per heavy atom. The summed E-state index contributed by atoms with van der Waals surface area (Å²) in [5, 5.41) is 3.02. The van der Waals surface area contributed by atoms with Crippen LogP contribution in [0.15, 0.2) is 41.6 Å². The predicted octanol–water partition coefficient (Wildman–Crippen LogP) is 1.51. The van der Waals surface area contributed by atoms with Crippen LogP contribution in [-0.2, 0) is 14.3 Å².